The average Bonchev–Trinajstić information content (AvgIpc) is 3.27. The number of rotatable bonds is 7. The molecular formula is C15H17N5O2S. The lowest BCUT2D eigenvalue weighted by Gasteiger charge is -2.04. The van der Waals surface area contributed by atoms with Crippen molar-refractivity contribution in [1.29, 1.82) is 5.26 Å². The Labute approximate surface area is 135 Å². The van der Waals surface area contributed by atoms with Crippen molar-refractivity contribution in [3.05, 3.63) is 41.7 Å². The zero-order valence-electron chi connectivity index (χ0n) is 12.5. The van der Waals surface area contributed by atoms with Crippen molar-refractivity contribution < 1.29 is 8.42 Å². The van der Waals surface area contributed by atoms with Gasteiger partial charge in [0.1, 0.15) is 6.33 Å². The molecule has 1 aromatic carbocycles. The van der Waals surface area contributed by atoms with E-state index >= 15 is 0 Å². The third kappa shape index (κ3) is 4.53. The SMILES string of the molecule is N#Cc1ccc(Cn2cnc(NS(=O)(=O)CCC3CC3)n2)cc1. The fourth-order valence-electron chi connectivity index (χ4n) is 2.21. The van der Waals surface area contributed by atoms with Gasteiger partial charge < -0.3 is 0 Å². The number of hydrogen-bond donors (Lipinski definition) is 1. The Hall–Kier alpha value is -2.40. The predicted molar refractivity (Wildman–Crippen MR) is 85.0 cm³/mol. The van der Waals surface area contributed by atoms with Gasteiger partial charge in [0.2, 0.25) is 10.0 Å². The lowest BCUT2D eigenvalue weighted by atomic mass is 10.1. The minimum Gasteiger partial charge on any atom is -0.250 e. The van der Waals surface area contributed by atoms with Crippen molar-refractivity contribution in [2.45, 2.75) is 25.8 Å². The molecule has 0 spiro atoms. The van der Waals surface area contributed by atoms with Gasteiger partial charge in [-0.1, -0.05) is 25.0 Å². The van der Waals surface area contributed by atoms with Gasteiger partial charge >= 0.3 is 0 Å². The normalized spacial score (nSPS) is 14.4. The van der Waals surface area contributed by atoms with Gasteiger partial charge in [0.15, 0.2) is 0 Å². The molecule has 1 aliphatic rings. The van der Waals surface area contributed by atoms with Crippen molar-refractivity contribution in [1.82, 2.24) is 14.8 Å². The second-order valence-corrected chi connectivity index (χ2v) is 7.57. The highest BCUT2D eigenvalue weighted by Gasteiger charge is 2.24. The summed E-state index contributed by atoms with van der Waals surface area (Å²) >= 11 is 0. The number of nitriles is 1. The monoisotopic (exact) mass is 331 g/mol. The Kier molecular flexibility index (Phi) is 4.30. The van der Waals surface area contributed by atoms with E-state index in [1.165, 1.54) is 6.33 Å². The summed E-state index contributed by atoms with van der Waals surface area (Å²) in [5.41, 5.74) is 1.55. The number of aromatic nitrogens is 3. The van der Waals surface area contributed by atoms with Crippen LogP contribution in [-0.4, -0.2) is 28.9 Å². The molecule has 1 aromatic heterocycles. The molecule has 23 heavy (non-hydrogen) atoms. The van der Waals surface area contributed by atoms with E-state index in [-0.39, 0.29) is 11.7 Å². The van der Waals surface area contributed by atoms with Crippen LogP contribution in [0.25, 0.3) is 0 Å². The molecule has 0 saturated heterocycles. The Morgan fingerprint density at radius 2 is 2.04 bits per heavy atom. The van der Waals surface area contributed by atoms with E-state index in [2.05, 4.69) is 20.9 Å². The van der Waals surface area contributed by atoms with E-state index in [1.54, 1.807) is 16.8 Å². The van der Waals surface area contributed by atoms with Crippen molar-refractivity contribution >= 4 is 16.0 Å². The fraction of sp³-hybridized carbons (Fsp3) is 0.400. The fourth-order valence-corrected chi connectivity index (χ4v) is 3.33. The number of sulfonamides is 1. The molecule has 1 N–H and O–H groups in total. The number of nitrogens with zero attached hydrogens (tertiary/aromatic N) is 4. The molecule has 0 radical (unpaired) electrons. The quantitative estimate of drug-likeness (QED) is 0.833. The molecule has 1 aliphatic carbocycles. The first-order valence-electron chi connectivity index (χ1n) is 7.43. The van der Waals surface area contributed by atoms with Crippen molar-refractivity contribution in [3.8, 4) is 6.07 Å². The highest BCUT2D eigenvalue weighted by molar-refractivity contribution is 7.92. The molecule has 120 valence electrons. The second-order valence-electron chi connectivity index (χ2n) is 5.73. The summed E-state index contributed by atoms with van der Waals surface area (Å²) in [5.74, 6) is 0.768. The molecule has 1 heterocycles. The van der Waals surface area contributed by atoms with Crippen LogP contribution < -0.4 is 4.72 Å². The third-order valence-electron chi connectivity index (χ3n) is 3.70. The lowest BCUT2D eigenvalue weighted by Crippen LogP contribution is -2.18. The minimum atomic E-state index is -3.38. The van der Waals surface area contributed by atoms with E-state index in [4.69, 9.17) is 5.26 Å². The van der Waals surface area contributed by atoms with Crippen LogP contribution in [0.15, 0.2) is 30.6 Å². The van der Waals surface area contributed by atoms with Gasteiger partial charge in [-0.05, 0) is 30.0 Å². The molecule has 0 atom stereocenters. The zero-order valence-corrected chi connectivity index (χ0v) is 13.3. The van der Waals surface area contributed by atoms with Crippen LogP contribution in [-0.2, 0) is 16.6 Å². The summed E-state index contributed by atoms with van der Waals surface area (Å²) in [6.45, 7) is 0.461. The maximum absolute atomic E-state index is 11.9. The largest absolute Gasteiger partial charge is 0.255 e. The molecule has 1 fully saturated rings. The number of anilines is 1. The Morgan fingerprint density at radius 3 is 2.70 bits per heavy atom. The predicted octanol–water partition coefficient (Wildman–Crippen LogP) is 1.74. The van der Waals surface area contributed by atoms with Crippen LogP contribution in [0, 0.1) is 17.2 Å². The van der Waals surface area contributed by atoms with Crippen LogP contribution in [0.5, 0.6) is 0 Å². The first-order valence-corrected chi connectivity index (χ1v) is 9.08. The Bertz CT molecular complexity index is 816. The molecule has 0 amide bonds. The second kappa shape index (κ2) is 6.38. The molecule has 3 rings (SSSR count). The average molecular weight is 331 g/mol. The lowest BCUT2D eigenvalue weighted by molar-refractivity contribution is 0.595. The molecule has 0 aliphatic heterocycles. The highest BCUT2D eigenvalue weighted by Crippen LogP contribution is 2.32. The first-order chi connectivity index (χ1) is 11.0. The number of benzene rings is 1. The molecule has 0 unspecified atom stereocenters. The maximum atomic E-state index is 11.9. The smallest absolute Gasteiger partial charge is 0.250 e. The van der Waals surface area contributed by atoms with Gasteiger partial charge in [-0.15, -0.1) is 5.10 Å². The zero-order chi connectivity index (χ0) is 16.3. The van der Waals surface area contributed by atoms with Crippen LogP contribution >= 0.6 is 0 Å². The van der Waals surface area contributed by atoms with Gasteiger partial charge in [-0.25, -0.2) is 17.8 Å². The minimum absolute atomic E-state index is 0.0921. The molecule has 0 bridgehead atoms. The van der Waals surface area contributed by atoms with E-state index in [0.717, 1.165) is 18.4 Å². The van der Waals surface area contributed by atoms with E-state index in [0.29, 0.717) is 24.4 Å². The van der Waals surface area contributed by atoms with Gasteiger partial charge in [0, 0.05) is 0 Å². The third-order valence-corrected chi connectivity index (χ3v) is 4.97. The summed E-state index contributed by atoms with van der Waals surface area (Å²) in [4.78, 5) is 3.98. The van der Waals surface area contributed by atoms with Crippen LogP contribution in [0.1, 0.15) is 30.4 Å². The maximum Gasteiger partial charge on any atom is 0.255 e. The topological polar surface area (TPSA) is 101 Å². The Morgan fingerprint density at radius 1 is 1.30 bits per heavy atom. The number of hydrogen-bond acceptors (Lipinski definition) is 5. The van der Waals surface area contributed by atoms with E-state index in [1.807, 2.05) is 12.1 Å². The number of nitrogens with one attached hydrogen (secondary N) is 1. The van der Waals surface area contributed by atoms with Crippen LogP contribution in [0.2, 0.25) is 0 Å². The van der Waals surface area contributed by atoms with Gasteiger partial charge in [0.25, 0.3) is 5.95 Å². The summed E-state index contributed by atoms with van der Waals surface area (Å²) in [7, 11) is -3.38. The molecular weight excluding hydrogens is 314 g/mol. The Balaban J connectivity index is 1.59. The summed E-state index contributed by atoms with van der Waals surface area (Å²) < 4.78 is 27.8. The molecule has 7 nitrogen and oxygen atoms in total. The highest BCUT2D eigenvalue weighted by atomic mass is 32.2. The first kappa shape index (κ1) is 15.5. The van der Waals surface area contributed by atoms with Crippen LogP contribution in [0.3, 0.4) is 0 Å². The molecule has 8 heteroatoms. The van der Waals surface area contributed by atoms with E-state index < -0.39 is 10.0 Å². The molecule has 2 aromatic rings. The summed E-state index contributed by atoms with van der Waals surface area (Å²) in [6, 6.07) is 9.19. The van der Waals surface area contributed by atoms with Crippen LogP contribution in [0.4, 0.5) is 5.95 Å². The van der Waals surface area contributed by atoms with Gasteiger partial charge in [-0.2, -0.15) is 10.2 Å². The summed E-state index contributed by atoms with van der Waals surface area (Å²) in [5, 5.41) is 12.9. The van der Waals surface area contributed by atoms with Crippen molar-refractivity contribution in [2.24, 2.45) is 5.92 Å². The standard InChI is InChI=1S/C15H17N5O2S/c16-9-13-3-5-14(6-4-13)10-20-11-17-15(18-20)19-23(21,22)8-7-12-1-2-12/h3-6,11-12H,1-2,7-8,10H2,(H,18,19). The van der Waals surface area contributed by atoms with Gasteiger partial charge in [-0.3, -0.25) is 0 Å². The van der Waals surface area contributed by atoms with Gasteiger partial charge in [0.05, 0.1) is 23.9 Å². The van der Waals surface area contributed by atoms with Crippen molar-refractivity contribution in [3.63, 3.8) is 0 Å². The molecule has 1 saturated carbocycles. The van der Waals surface area contributed by atoms with Crippen molar-refractivity contribution in [2.75, 3.05) is 10.5 Å². The summed E-state index contributed by atoms with van der Waals surface area (Å²) in [6.07, 6.45) is 4.44. The van der Waals surface area contributed by atoms with E-state index in [9.17, 15) is 8.42 Å².